The van der Waals surface area contributed by atoms with Gasteiger partial charge in [-0.2, -0.15) is 0 Å². The SMILES string of the molecule is O=c1sc2c(n1Cc1ccccc1)S[C@@H]1[C@H]3CC[C@@H](C3)[C@H]1[C@H]2c1ccc(-c2ccccc2Cl)o1. The van der Waals surface area contributed by atoms with Crippen molar-refractivity contribution < 1.29 is 4.42 Å². The van der Waals surface area contributed by atoms with Crippen LogP contribution in [0.5, 0.6) is 0 Å². The number of thiazole rings is 1. The number of nitrogens with zero attached hydrogens (tertiary/aromatic N) is 1. The number of furan rings is 1. The minimum absolute atomic E-state index is 0.136. The van der Waals surface area contributed by atoms with Gasteiger partial charge in [0.05, 0.1) is 27.4 Å². The van der Waals surface area contributed by atoms with Gasteiger partial charge in [-0.3, -0.25) is 9.36 Å². The lowest BCUT2D eigenvalue weighted by Crippen LogP contribution is -2.34. The maximum Gasteiger partial charge on any atom is 0.308 e. The van der Waals surface area contributed by atoms with Gasteiger partial charge < -0.3 is 4.42 Å². The molecule has 0 N–H and O–H groups in total. The molecule has 6 heteroatoms. The highest BCUT2D eigenvalue weighted by Crippen LogP contribution is 2.64. The lowest BCUT2D eigenvalue weighted by Gasteiger charge is -2.39. The summed E-state index contributed by atoms with van der Waals surface area (Å²) in [5.74, 6) is 3.92. The third-order valence-electron chi connectivity index (χ3n) is 7.95. The molecule has 7 rings (SSSR count). The topological polar surface area (TPSA) is 35.1 Å². The first-order chi connectivity index (χ1) is 16.7. The molecule has 0 radical (unpaired) electrons. The Labute approximate surface area is 211 Å². The summed E-state index contributed by atoms with van der Waals surface area (Å²) in [6.07, 6.45) is 3.93. The first-order valence-electron chi connectivity index (χ1n) is 12.0. The minimum Gasteiger partial charge on any atom is -0.460 e. The van der Waals surface area contributed by atoms with Gasteiger partial charge in [-0.15, -0.1) is 11.8 Å². The van der Waals surface area contributed by atoms with Crippen molar-refractivity contribution in [3.05, 3.63) is 97.6 Å². The van der Waals surface area contributed by atoms with Gasteiger partial charge in [-0.05, 0) is 66.8 Å². The van der Waals surface area contributed by atoms with Gasteiger partial charge in [0.1, 0.15) is 11.5 Å². The standard InChI is InChI=1S/C28H24ClNO2S2/c29-20-9-5-4-8-19(20)21-12-13-22(32-21)24-23-17-10-11-18(14-17)25(23)33-27-26(24)34-28(31)30(27)15-16-6-2-1-3-7-16/h1-9,12-13,17-18,23-25H,10-11,14-15H2/t17-,18-,23-,24+,25+/m0/s1. The van der Waals surface area contributed by atoms with Gasteiger partial charge in [0.2, 0.25) is 0 Å². The Morgan fingerprint density at radius 1 is 0.971 bits per heavy atom. The lowest BCUT2D eigenvalue weighted by molar-refractivity contribution is 0.283. The normalized spacial score (nSPS) is 27.0. The summed E-state index contributed by atoms with van der Waals surface area (Å²) in [6, 6.07) is 22.3. The Hall–Kier alpha value is -2.21. The Bertz CT molecular complexity index is 1420. The molecular formula is C28H24ClNO2S2. The number of hydrogen-bond acceptors (Lipinski definition) is 4. The number of rotatable bonds is 4. The summed E-state index contributed by atoms with van der Waals surface area (Å²) in [5.41, 5.74) is 2.08. The Kier molecular flexibility index (Phi) is 5.08. The second kappa shape index (κ2) is 8.18. The van der Waals surface area contributed by atoms with Crippen molar-refractivity contribution in [2.45, 2.75) is 42.0 Å². The molecule has 172 valence electrons. The highest BCUT2D eigenvalue weighted by Gasteiger charge is 2.56. The number of aromatic nitrogens is 1. The molecular weight excluding hydrogens is 482 g/mol. The average molecular weight is 506 g/mol. The largest absolute Gasteiger partial charge is 0.460 e. The van der Waals surface area contributed by atoms with Crippen LogP contribution in [-0.2, 0) is 6.54 Å². The van der Waals surface area contributed by atoms with Gasteiger partial charge in [0.15, 0.2) is 0 Å². The van der Waals surface area contributed by atoms with Crippen LogP contribution in [0.4, 0.5) is 0 Å². The predicted octanol–water partition coefficient (Wildman–Crippen LogP) is 7.52. The quantitative estimate of drug-likeness (QED) is 0.287. The molecule has 2 fully saturated rings. The lowest BCUT2D eigenvalue weighted by atomic mass is 9.77. The van der Waals surface area contributed by atoms with Crippen molar-refractivity contribution >= 4 is 34.7 Å². The summed E-state index contributed by atoms with van der Waals surface area (Å²) in [6.45, 7) is 0.625. The fourth-order valence-electron chi connectivity index (χ4n) is 6.50. The summed E-state index contributed by atoms with van der Waals surface area (Å²) in [4.78, 5) is 14.6. The van der Waals surface area contributed by atoms with Crippen LogP contribution in [0.1, 0.15) is 41.4 Å². The fourth-order valence-corrected chi connectivity index (χ4v) is 9.86. The Balaban J connectivity index is 1.35. The summed E-state index contributed by atoms with van der Waals surface area (Å²) >= 11 is 9.87. The Morgan fingerprint density at radius 2 is 1.76 bits per heavy atom. The van der Waals surface area contributed by atoms with Crippen LogP contribution in [0.25, 0.3) is 11.3 Å². The second-order valence-corrected chi connectivity index (χ2v) is 12.3. The summed E-state index contributed by atoms with van der Waals surface area (Å²) < 4.78 is 8.54. The van der Waals surface area contributed by atoms with Crippen LogP contribution < -0.4 is 4.87 Å². The molecule has 3 nitrogen and oxygen atoms in total. The number of halogens is 1. The smallest absolute Gasteiger partial charge is 0.308 e. The molecule has 2 bridgehead atoms. The van der Waals surface area contributed by atoms with E-state index in [0.717, 1.165) is 33.6 Å². The number of fused-ring (bicyclic) bond motifs is 6. The molecule has 34 heavy (non-hydrogen) atoms. The van der Waals surface area contributed by atoms with Crippen molar-refractivity contribution in [3.63, 3.8) is 0 Å². The van der Waals surface area contributed by atoms with E-state index in [0.29, 0.717) is 28.7 Å². The van der Waals surface area contributed by atoms with Gasteiger partial charge >= 0.3 is 4.87 Å². The molecule has 3 heterocycles. The van der Waals surface area contributed by atoms with E-state index in [4.69, 9.17) is 16.0 Å². The van der Waals surface area contributed by atoms with Gasteiger partial charge in [-0.1, -0.05) is 65.4 Å². The molecule has 2 aromatic heterocycles. The molecule has 1 aliphatic heterocycles. The molecule has 4 aromatic rings. The average Bonchev–Trinajstić information content (AvgIpc) is 3.64. The molecule has 2 aliphatic carbocycles. The van der Waals surface area contributed by atoms with E-state index in [-0.39, 0.29) is 10.8 Å². The third-order valence-corrected chi connectivity index (χ3v) is 11.1. The highest BCUT2D eigenvalue weighted by molar-refractivity contribution is 8.00. The van der Waals surface area contributed by atoms with Crippen LogP contribution in [0.15, 0.2) is 81.0 Å². The van der Waals surface area contributed by atoms with Crippen LogP contribution in [0, 0.1) is 17.8 Å². The Morgan fingerprint density at radius 3 is 2.62 bits per heavy atom. The zero-order valence-electron chi connectivity index (χ0n) is 18.5. The molecule has 3 aliphatic rings. The third kappa shape index (κ3) is 3.28. The van der Waals surface area contributed by atoms with Crippen molar-refractivity contribution in [3.8, 4) is 11.3 Å². The number of benzene rings is 2. The zero-order chi connectivity index (χ0) is 22.8. The maximum atomic E-state index is 13.3. The highest BCUT2D eigenvalue weighted by atomic mass is 35.5. The number of hydrogen-bond donors (Lipinski definition) is 0. The van der Waals surface area contributed by atoms with Crippen molar-refractivity contribution in [1.29, 1.82) is 0 Å². The van der Waals surface area contributed by atoms with Gasteiger partial charge in [0, 0.05) is 10.8 Å². The van der Waals surface area contributed by atoms with E-state index < -0.39 is 0 Å². The number of thioether (sulfide) groups is 1. The van der Waals surface area contributed by atoms with Crippen LogP contribution in [0.3, 0.4) is 0 Å². The van der Waals surface area contributed by atoms with E-state index in [2.05, 4.69) is 18.2 Å². The van der Waals surface area contributed by atoms with Crippen molar-refractivity contribution in [1.82, 2.24) is 4.57 Å². The molecule has 0 spiro atoms. The van der Waals surface area contributed by atoms with E-state index in [1.807, 2.05) is 64.9 Å². The maximum absolute atomic E-state index is 13.3. The summed E-state index contributed by atoms with van der Waals surface area (Å²) in [5, 5.41) is 2.41. The minimum atomic E-state index is 0.136. The fraction of sp³-hybridized carbons (Fsp3) is 0.321. The van der Waals surface area contributed by atoms with Crippen molar-refractivity contribution in [2.24, 2.45) is 17.8 Å². The first kappa shape index (κ1) is 21.1. The van der Waals surface area contributed by atoms with Crippen LogP contribution in [-0.4, -0.2) is 9.82 Å². The molecule has 5 atom stereocenters. The van der Waals surface area contributed by atoms with E-state index in [1.165, 1.54) is 35.5 Å². The van der Waals surface area contributed by atoms with E-state index in [9.17, 15) is 4.79 Å². The molecule has 0 saturated heterocycles. The second-order valence-electron chi connectivity index (χ2n) is 9.76. The van der Waals surface area contributed by atoms with Crippen molar-refractivity contribution in [2.75, 3.05) is 0 Å². The molecule has 0 unspecified atom stereocenters. The first-order valence-corrected chi connectivity index (χ1v) is 14.0. The molecule has 2 saturated carbocycles. The van der Waals surface area contributed by atoms with E-state index >= 15 is 0 Å². The van der Waals surface area contributed by atoms with E-state index in [1.54, 1.807) is 0 Å². The van der Waals surface area contributed by atoms with Gasteiger partial charge in [0.25, 0.3) is 0 Å². The molecule has 0 amide bonds. The zero-order valence-corrected chi connectivity index (χ0v) is 20.9. The molecule has 2 aromatic carbocycles. The van der Waals surface area contributed by atoms with Crippen LogP contribution >= 0.6 is 34.7 Å². The monoisotopic (exact) mass is 505 g/mol. The predicted molar refractivity (Wildman–Crippen MR) is 139 cm³/mol. The summed E-state index contributed by atoms with van der Waals surface area (Å²) in [7, 11) is 0. The van der Waals surface area contributed by atoms with Crippen LogP contribution in [0.2, 0.25) is 5.02 Å². The van der Waals surface area contributed by atoms with Gasteiger partial charge in [-0.25, -0.2) is 0 Å².